The molecule has 0 amide bonds. The van der Waals surface area contributed by atoms with E-state index >= 15 is 0 Å². The van der Waals surface area contributed by atoms with Gasteiger partial charge in [-0.1, -0.05) is 0 Å². The molecule has 3 heterocycles. The molecule has 0 radical (unpaired) electrons. The van der Waals surface area contributed by atoms with Crippen molar-refractivity contribution >= 4 is 0 Å². The molecule has 3 fully saturated rings. The first-order chi connectivity index (χ1) is 16.0. The van der Waals surface area contributed by atoms with E-state index in [4.69, 9.17) is 23.7 Å². The van der Waals surface area contributed by atoms with E-state index in [0.29, 0.717) is 0 Å². The number of aliphatic hydroxyl groups excluding tert-OH is 11. The number of ether oxygens (including phenoxy) is 5. The molecule has 16 heteroatoms. The Kier molecular flexibility index (Phi) is 9.54. The Labute approximate surface area is 192 Å². The molecule has 15 atom stereocenters. The van der Waals surface area contributed by atoms with Crippen LogP contribution in [-0.2, 0) is 23.7 Å². The fraction of sp³-hybridized carbons (Fsp3) is 1.00. The standard InChI is InChI=1S/C18H32O16/c19-1-4-7(21)9(23)13(27)17(32-4)30-3-6-15(11(25)12(26)16(29)31-6)34-18-14(28)10(24)8(22)5(2-20)33-18/h4-29H,1-3H2/t4-,5-,6-,7+,8-,9+,10+,11-,12-,13-,14-,15-,16?,17+,18-/m1/s1. The zero-order valence-electron chi connectivity index (χ0n) is 17.7. The number of rotatable bonds is 7. The van der Waals surface area contributed by atoms with E-state index in [1.54, 1.807) is 0 Å². The van der Waals surface area contributed by atoms with Crippen LogP contribution in [0, 0.1) is 0 Å². The van der Waals surface area contributed by atoms with Gasteiger partial charge in [0.15, 0.2) is 18.9 Å². The highest BCUT2D eigenvalue weighted by molar-refractivity contribution is 4.94. The molecule has 0 aromatic carbocycles. The minimum atomic E-state index is -1.91. The molecule has 0 saturated carbocycles. The van der Waals surface area contributed by atoms with Gasteiger partial charge in [-0.3, -0.25) is 0 Å². The van der Waals surface area contributed by atoms with Crippen molar-refractivity contribution < 1.29 is 79.9 Å². The van der Waals surface area contributed by atoms with Crippen LogP contribution in [0.3, 0.4) is 0 Å². The number of hydrogen-bond acceptors (Lipinski definition) is 16. The quantitative estimate of drug-likeness (QED) is 0.154. The zero-order valence-corrected chi connectivity index (χ0v) is 17.7. The highest BCUT2D eigenvalue weighted by Crippen LogP contribution is 2.30. The second-order valence-corrected chi connectivity index (χ2v) is 8.37. The Hall–Kier alpha value is -0.640. The highest BCUT2D eigenvalue weighted by Gasteiger charge is 2.51. The predicted octanol–water partition coefficient (Wildman–Crippen LogP) is -7.57. The van der Waals surface area contributed by atoms with E-state index in [1.165, 1.54) is 0 Å². The largest absolute Gasteiger partial charge is 0.394 e. The third-order valence-electron chi connectivity index (χ3n) is 6.07. The summed E-state index contributed by atoms with van der Waals surface area (Å²) >= 11 is 0. The lowest BCUT2D eigenvalue weighted by Gasteiger charge is -2.46. The maximum absolute atomic E-state index is 10.4. The summed E-state index contributed by atoms with van der Waals surface area (Å²) < 4.78 is 26.4. The summed E-state index contributed by atoms with van der Waals surface area (Å²) in [5.41, 5.74) is 0. The van der Waals surface area contributed by atoms with Gasteiger partial charge in [0.05, 0.1) is 19.8 Å². The van der Waals surface area contributed by atoms with Crippen molar-refractivity contribution in [1.82, 2.24) is 0 Å². The summed E-state index contributed by atoms with van der Waals surface area (Å²) in [5, 5.41) is 109. The summed E-state index contributed by atoms with van der Waals surface area (Å²) in [6.07, 6.45) is -25.0. The van der Waals surface area contributed by atoms with Crippen LogP contribution in [-0.4, -0.2) is 168 Å². The van der Waals surface area contributed by atoms with Gasteiger partial charge in [0.1, 0.15) is 73.2 Å². The molecule has 11 N–H and O–H groups in total. The Morgan fingerprint density at radius 3 is 1.53 bits per heavy atom. The SMILES string of the molecule is OC[C@H]1O[C@H](OC[C@H]2OC(O)[C@H](O)[C@@H](O)[C@@H]2O[C@H]2O[C@H](CO)[C@@H](O)[C@H](O)[C@H]2O)[C@H](O)[C@@H](O)[C@H]1O. The van der Waals surface area contributed by atoms with E-state index in [2.05, 4.69) is 0 Å². The second-order valence-electron chi connectivity index (χ2n) is 8.37. The van der Waals surface area contributed by atoms with Crippen LogP contribution in [0.15, 0.2) is 0 Å². The monoisotopic (exact) mass is 504 g/mol. The van der Waals surface area contributed by atoms with E-state index in [9.17, 15) is 56.2 Å². The van der Waals surface area contributed by atoms with Gasteiger partial charge in [0, 0.05) is 0 Å². The molecule has 16 nitrogen and oxygen atoms in total. The summed E-state index contributed by atoms with van der Waals surface area (Å²) in [7, 11) is 0. The van der Waals surface area contributed by atoms with E-state index in [1.807, 2.05) is 0 Å². The van der Waals surface area contributed by atoms with Crippen LogP contribution in [0.2, 0.25) is 0 Å². The molecule has 3 rings (SSSR count). The first-order valence-electron chi connectivity index (χ1n) is 10.6. The fourth-order valence-corrected chi connectivity index (χ4v) is 3.95. The van der Waals surface area contributed by atoms with E-state index in [0.717, 1.165) is 0 Å². The van der Waals surface area contributed by atoms with Crippen LogP contribution in [0.5, 0.6) is 0 Å². The van der Waals surface area contributed by atoms with Gasteiger partial charge in [-0.05, 0) is 0 Å². The number of aliphatic hydroxyl groups is 11. The van der Waals surface area contributed by atoms with Crippen molar-refractivity contribution in [3.05, 3.63) is 0 Å². The second kappa shape index (κ2) is 11.6. The van der Waals surface area contributed by atoms with Gasteiger partial charge in [-0.15, -0.1) is 0 Å². The van der Waals surface area contributed by atoms with Gasteiger partial charge in [0.2, 0.25) is 0 Å². The minimum absolute atomic E-state index is 0.619. The topological polar surface area (TPSA) is 269 Å². The first-order valence-corrected chi connectivity index (χ1v) is 10.6. The molecule has 1 unspecified atom stereocenters. The van der Waals surface area contributed by atoms with Gasteiger partial charge in [-0.25, -0.2) is 0 Å². The van der Waals surface area contributed by atoms with Crippen LogP contribution in [0.25, 0.3) is 0 Å². The van der Waals surface area contributed by atoms with Crippen molar-refractivity contribution in [3.63, 3.8) is 0 Å². The molecule has 0 aromatic rings. The Bertz CT molecular complexity index is 637. The van der Waals surface area contributed by atoms with E-state index in [-0.39, 0.29) is 0 Å². The lowest BCUT2D eigenvalue weighted by molar-refractivity contribution is -0.363. The first kappa shape index (κ1) is 27.9. The van der Waals surface area contributed by atoms with Crippen molar-refractivity contribution in [3.8, 4) is 0 Å². The Morgan fingerprint density at radius 2 is 1.00 bits per heavy atom. The van der Waals surface area contributed by atoms with Crippen LogP contribution >= 0.6 is 0 Å². The molecule has 200 valence electrons. The van der Waals surface area contributed by atoms with Crippen molar-refractivity contribution in [1.29, 1.82) is 0 Å². The molecular formula is C18H32O16. The third kappa shape index (κ3) is 5.52. The smallest absolute Gasteiger partial charge is 0.187 e. The maximum Gasteiger partial charge on any atom is 0.187 e. The maximum atomic E-state index is 10.4. The molecular weight excluding hydrogens is 472 g/mol. The molecule has 0 aliphatic carbocycles. The Morgan fingerprint density at radius 1 is 0.500 bits per heavy atom. The van der Waals surface area contributed by atoms with Crippen molar-refractivity contribution in [2.45, 2.75) is 92.1 Å². The number of hydrogen-bond donors (Lipinski definition) is 11. The lowest BCUT2D eigenvalue weighted by atomic mass is 9.97. The predicted molar refractivity (Wildman–Crippen MR) is 101 cm³/mol. The normalized spacial score (nSPS) is 52.5. The third-order valence-corrected chi connectivity index (χ3v) is 6.07. The summed E-state index contributed by atoms with van der Waals surface area (Å²) in [5.74, 6) is 0. The van der Waals surface area contributed by atoms with Crippen molar-refractivity contribution in [2.24, 2.45) is 0 Å². The average molecular weight is 504 g/mol. The summed E-state index contributed by atoms with van der Waals surface area (Å²) in [6, 6.07) is 0. The highest BCUT2D eigenvalue weighted by atomic mass is 16.7. The molecule has 0 spiro atoms. The van der Waals surface area contributed by atoms with Gasteiger partial charge >= 0.3 is 0 Å². The lowest BCUT2D eigenvalue weighted by Crippen LogP contribution is -2.65. The van der Waals surface area contributed by atoms with Crippen LogP contribution < -0.4 is 0 Å². The molecule has 3 saturated heterocycles. The summed E-state index contributed by atoms with van der Waals surface area (Å²) in [6.45, 7) is -2.08. The Balaban J connectivity index is 1.72. The van der Waals surface area contributed by atoms with Crippen LogP contribution in [0.4, 0.5) is 0 Å². The van der Waals surface area contributed by atoms with Crippen molar-refractivity contribution in [2.75, 3.05) is 19.8 Å². The molecule has 3 aliphatic rings. The molecule has 0 aromatic heterocycles. The van der Waals surface area contributed by atoms with Crippen LogP contribution in [0.1, 0.15) is 0 Å². The van der Waals surface area contributed by atoms with Gasteiger partial charge in [-0.2, -0.15) is 0 Å². The average Bonchev–Trinajstić information content (AvgIpc) is 2.82. The van der Waals surface area contributed by atoms with Gasteiger partial charge < -0.3 is 79.9 Å². The zero-order chi connectivity index (χ0) is 25.3. The summed E-state index contributed by atoms with van der Waals surface area (Å²) in [4.78, 5) is 0. The minimum Gasteiger partial charge on any atom is -0.394 e. The fourth-order valence-electron chi connectivity index (χ4n) is 3.95. The van der Waals surface area contributed by atoms with Gasteiger partial charge in [0.25, 0.3) is 0 Å². The van der Waals surface area contributed by atoms with E-state index < -0.39 is 112 Å². The molecule has 3 aliphatic heterocycles. The molecule has 0 bridgehead atoms. The molecule has 34 heavy (non-hydrogen) atoms.